The van der Waals surface area contributed by atoms with Crippen molar-refractivity contribution in [1.29, 1.82) is 0 Å². The minimum Gasteiger partial charge on any atom is -0.497 e. The van der Waals surface area contributed by atoms with Crippen molar-refractivity contribution in [2.75, 3.05) is 12.0 Å². The number of carbonyl (C=O) groups excluding carboxylic acids is 2. The van der Waals surface area contributed by atoms with Gasteiger partial charge in [-0.05, 0) is 49.1 Å². The molecule has 5 nitrogen and oxygen atoms in total. The third-order valence-corrected chi connectivity index (χ3v) is 4.72. The van der Waals surface area contributed by atoms with Crippen molar-refractivity contribution in [1.82, 2.24) is 5.32 Å². The van der Waals surface area contributed by atoms with Crippen LogP contribution in [-0.4, -0.2) is 25.0 Å². The maximum absolute atomic E-state index is 12.7. The number of ether oxygens (including phenoxy) is 1. The van der Waals surface area contributed by atoms with Crippen LogP contribution in [0.15, 0.2) is 48.5 Å². The van der Waals surface area contributed by atoms with Gasteiger partial charge in [0.25, 0.3) is 0 Å². The van der Waals surface area contributed by atoms with Gasteiger partial charge in [-0.2, -0.15) is 0 Å². The molecule has 0 aliphatic carbocycles. The molecule has 1 aliphatic rings. The number of benzene rings is 2. The topological polar surface area (TPSA) is 58.6 Å². The van der Waals surface area contributed by atoms with Gasteiger partial charge in [0.05, 0.1) is 7.11 Å². The molecule has 0 aromatic heterocycles. The van der Waals surface area contributed by atoms with Crippen LogP contribution in [0.5, 0.6) is 5.75 Å². The zero-order chi connectivity index (χ0) is 18.5. The zero-order valence-corrected chi connectivity index (χ0v) is 15.2. The van der Waals surface area contributed by atoms with E-state index in [4.69, 9.17) is 4.74 Å². The second kappa shape index (κ2) is 8.04. The number of nitrogens with one attached hydrogen (secondary N) is 1. The van der Waals surface area contributed by atoms with E-state index in [-0.39, 0.29) is 11.8 Å². The number of hydrogen-bond donors (Lipinski definition) is 1. The zero-order valence-electron chi connectivity index (χ0n) is 15.2. The highest BCUT2D eigenvalue weighted by Crippen LogP contribution is 2.28. The summed E-state index contributed by atoms with van der Waals surface area (Å²) >= 11 is 0. The van der Waals surface area contributed by atoms with Gasteiger partial charge in [-0.3, -0.25) is 14.5 Å². The van der Waals surface area contributed by atoms with E-state index in [0.29, 0.717) is 13.0 Å². The summed E-state index contributed by atoms with van der Waals surface area (Å²) in [6.07, 6.45) is 2.13. The molecule has 1 N–H and O–H groups in total. The number of fused-ring (bicyclic) bond motifs is 1. The molecule has 5 heteroatoms. The van der Waals surface area contributed by atoms with E-state index in [1.807, 2.05) is 48.5 Å². The lowest BCUT2D eigenvalue weighted by molar-refractivity contribution is -0.126. The summed E-state index contributed by atoms with van der Waals surface area (Å²) in [5.74, 6) is 0.582. The van der Waals surface area contributed by atoms with Gasteiger partial charge in [0.2, 0.25) is 11.8 Å². The van der Waals surface area contributed by atoms with Crippen molar-refractivity contribution >= 4 is 17.5 Å². The molecule has 0 saturated heterocycles. The summed E-state index contributed by atoms with van der Waals surface area (Å²) in [4.78, 5) is 27.0. The summed E-state index contributed by atoms with van der Waals surface area (Å²) in [5, 5.41) is 2.93. The van der Waals surface area contributed by atoms with Gasteiger partial charge in [-0.25, -0.2) is 0 Å². The van der Waals surface area contributed by atoms with E-state index in [0.717, 1.165) is 35.4 Å². The van der Waals surface area contributed by atoms with Crippen LogP contribution in [0, 0.1) is 0 Å². The van der Waals surface area contributed by atoms with Crippen LogP contribution in [0.1, 0.15) is 30.9 Å². The predicted octanol–water partition coefficient (Wildman–Crippen LogP) is 3.07. The molecule has 26 heavy (non-hydrogen) atoms. The Kier molecular flexibility index (Phi) is 5.56. The van der Waals surface area contributed by atoms with Gasteiger partial charge in [0.15, 0.2) is 0 Å². The highest BCUT2D eigenvalue weighted by Gasteiger charge is 2.30. The largest absolute Gasteiger partial charge is 0.497 e. The fourth-order valence-electron chi connectivity index (χ4n) is 3.30. The molecule has 136 valence electrons. The minimum atomic E-state index is -0.563. The molecule has 0 bridgehead atoms. The number of hydrogen-bond acceptors (Lipinski definition) is 3. The van der Waals surface area contributed by atoms with Crippen molar-refractivity contribution in [3.05, 3.63) is 59.7 Å². The second-order valence-electron chi connectivity index (χ2n) is 6.49. The molecule has 0 spiro atoms. The summed E-state index contributed by atoms with van der Waals surface area (Å²) in [7, 11) is 1.61. The normalized spacial score (nSPS) is 15.0. The van der Waals surface area contributed by atoms with Gasteiger partial charge < -0.3 is 10.1 Å². The molecule has 2 amide bonds. The smallest absolute Gasteiger partial charge is 0.243 e. The minimum absolute atomic E-state index is 0.000944. The number of methoxy groups -OCH3 is 1. The number of carbonyl (C=O) groups is 2. The molecular formula is C21H24N2O3. The summed E-state index contributed by atoms with van der Waals surface area (Å²) in [6, 6.07) is 14.8. The van der Waals surface area contributed by atoms with Crippen molar-refractivity contribution in [2.24, 2.45) is 0 Å². The molecule has 3 rings (SSSR count). The van der Waals surface area contributed by atoms with E-state index in [1.165, 1.54) is 0 Å². The lowest BCUT2D eigenvalue weighted by Gasteiger charge is -2.28. The average Bonchev–Trinajstić information content (AvgIpc) is 2.83. The van der Waals surface area contributed by atoms with Gasteiger partial charge in [-0.1, -0.05) is 30.3 Å². The van der Waals surface area contributed by atoms with Crippen molar-refractivity contribution in [2.45, 2.75) is 38.8 Å². The quantitative estimate of drug-likeness (QED) is 0.900. The van der Waals surface area contributed by atoms with Gasteiger partial charge >= 0.3 is 0 Å². The first-order valence-electron chi connectivity index (χ1n) is 8.90. The van der Waals surface area contributed by atoms with Crippen molar-refractivity contribution in [3.63, 3.8) is 0 Å². The Balaban J connectivity index is 1.74. The van der Waals surface area contributed by atoms with Crippen LogP contribution >= 0.6 is 0 Å². The number of rotatable bonds is 5. The summed E-state index contributed by atoms with van der Waals surface area (Å²) in [5.41, 5.74) is 2.91. The SMILES string of the molecule is COc1cccc(CNC(=O)[C@H](C)N2C(=O)CCCc3ccccc32)c1. The fraction of sp³-hybridized carbons (Fsp3) is 0.333. The highest BCUT2D eigenvalue weighted by atomic mass is 16.5. The first-order chi connectivity index (χ1) is 12.6. The number of anilines is 1. The van der Waals surface area contributed by atoms with Crippen LogP contribution in [0.3, 0.4) is 0 Å². The Bertz CT molecular complexity index is 803. The van der Waals surface area contributed by atoms with E-state index >= 15 is 0 Å². The number of nitrogens with zero attached hydrogens (tertiary/aromatic N) is 1. The predicted molar refractivity (Wildman–Crippen MR) is 101 cm³/mol. The van der Waals surface area contributed by atoms with Gasteiger partial charge in [0, 0.05) is 18.7 Å². The second-order valence-corrected chi connectivity index (χ2v) is 6.49. The molecule has 1 atom stereocenters. The lowest BCUT2D eigenvalue weighted by atomic mass is 10.1. The Labute approximate surface area is 154 Å². The first kappa shape index (κ1) is 18.0. The summed E-state index contributed by atoms with van der Waals surface area (Å²) < 4.78 is 5.21. The maximum atomic E-state index is 12.7. The van der Waals surface area contributed by atoms with Crippen LogP contribution in [0.2, 0.25) is 0 Å². The van der Waals surface area contributed by atoms with Crippen LogP contribution < -0.4 is 15.0 Å². The molecule has 0 radical (unpaired) electrons. The van der Waals surface area contributed by atoms with Gasteiger partial charge in [0.1, 0.15) is 11.8 Å². The molecule has 0 saturated carbocycles. The average molecular weight is 352 g/mol. The van der Waals surface area contributed by atoms with Crippen molar-refractivity contribution in [3.8, 4) is 5.75 Å². The maximum Gasteiger partial charge on any atom is 0.243 e. The molecule has 1 heterocycles. The number of para-hydroxylation sites is 1. The van der Waals surface area contributed by atoms with E-state index < -0.39 is 6.04 Å². The lowest BCUT2D eigenvalue weighted by Crippen LogP contribution is -2.48. The number of aryl methyl sites for hydroxylation is 1. The van der Waals surface area contributed by atoms with E-state index in [1.54, 1.807) is 18.9 Å². The molecular weight excluding hydrogens is 328 g/mol. The van der Waals surface area contributed by atoms with E-state index in [2.05, 4.69) is 5.32 Å². The Hall–Kier alpha value is -2.82. The third-order valence-electron chi connectivity index (χ3n) is 4.72. The molecule has 2 aromatic carbocycles. The molecule has 1 aliphatic heterocycles. The Morgan fingerprint density at radius 2 is 2.00 bits per heavy atom. The van der Waals surface area contributed by atoms with Crippen LogP contribution in [0.4, 0.5) is 5.69 Å². The monoisotopic (exact) mass is 352 g/mol. The number of amides is 2. The highest BCUT2D eigenvalue weighted by molar-refractivity contribution is 6.01. The first-order valence-corrected chi connectivity index (χ1v) is 8.90. The fourth-order valence-corrected chi connectivity index (χ4v) is 3.30. The van der Waals surface area contributed by atoms with Gasteiger partial charge in [-0.15, -0.1) is 0 Å². The van der Waals surface area contributed by atoms with E-state index in [9.17, 15) is 9.59 Å². The summed E-state index contributed by atoms with van der Waals surface area (Å²) in [6.45, 7) is 2.17. The van der Waals surface area contributed by atoms with Crippen LogP contribution in [-0.2, 0) is 22.6 Å². The Morgan fingerprint density at radius 1 is 1.19 bits per heavy atom. The Morgan fingerprint density at radius 3 is 2.81 bits per heavy atom. The third kappa shape index (κ3) is 3.87. The van der Waals surface area contributed by atoms with Crippen LogP contribution in [0.25, 0.3) is 0 Å². The molecule has 0 unspecified atom stereocenters. The molecule has 0 fully saturated rings. The van der Waals surface area contributed by atoms with Crippen molar-refractivity contribution < 1.29 is 14.3 Å². The molecule has 2 aromatic rings. The standard InChI is InChI=1S/C21H24N2O3/c1-15(21(25)22-14-16-7-5-10-18(13-16)26-2)23-19-11-4-3-8-17(19)9-6-12-20(23)24/h3-5,7-8,10-11,13,15H,6,9,12,14H2,1-2H3,(H,22,25)/t15-/m0/s1.